The molecule has 1 fully saturated rings. The van der Waals surface area contributed by atoms with Gasteiger partial charge in [-0.25, -0.2) is 9.97 Å². The van der Waals surface area contributed by atoms with E-state index >= 15 is 0 Å². The summed E-state index contributed by atoms with van der Waals surface area (Å²) in [6.07, 6.45) is 3.35. The Morgan fingerprint density at radius 3 is 2.65 bits per heavy atom. The molecule has 3 rings (SSSR count). The summed E-state index contributed by atoms with van der Waals surface area (Å²) in [6.45, 7) is 4.45. The Balaban J connectivity index is 1.59. The van der Waals surface area contributed by atoms with E-state index in [0.717, 1.165) is 44.1 Å². The highest BCUT2D eigenvalue weighted by Gasteiger charge is 2.18. The molecule has 23 heavy (non-hydrogen) atoms. The average Bonchev–Trinajstić information content (AvgIpc) is 2.59. The molecule has 2 aromatic rings. The molecule has 1 aliphatic rings. The minimum atomic E-state index is 0.0363. The van der Waals surface area contributed by atoms with E-state index in [9.17, 15) is 4.79 Å². The Bertz CT molecular complexity index is 722. The lowest BCUT2D eigenvalue weighted by Crippen LogP contribution is -2.46. The largest absolute Gasteiger partial charge is 0.481 e. The lowest BCUT2D eigenvalue weighted by atomic mass is 10.2. The second-order valence-electron chi connectivity index (χ2n) is 5.67. The van der Waals surface area contributed by atoms with E-state index in [0.29, 0.717) is 5.88 Å². The molecule has 1 saturated heterocycles. The Kier molecular flexibility index (Phi) is 4.57. The molecule has 0 amide bonds. The fourth-order valence-electron chi connectivity index (χ4n) is 2.70. The van der Waals surface area contributed by atoms with Gasteiger partial charge < -0.3 is 14.2 Å². The van der Waals surface area contributed by atoms with Crippen LogP contribution in [0.15, 0.2) is 35.5 Å². The fraction of sp³-hybridized carbons (Fsp3) is 0.438. The molecule has 1 aliphatic heterocycles. The van der Waals surface area contributed by atoms with E-state index in [1.165, 1.54) is 6.33 Å². The van der Waals surface area contributed by atoms with Crippen LogP contribution in [0, 0.1) is 0 Å². The third kappa shape index (κ3) is 3.68. The SMILES string of the molecule is COc1cc(N2CCN(Cc3ccn(C)c(=O)c3)CC2)ncn1. The maximum absolute atomic E-state index is 11.7. The number of anilines is 1. The molecule has 0 saturated carbocycles. The number of piperazine rings is 1. The predicted octanol–water partition coefficient (Wildman–Crippen LogP) is 0.506. The number of ether oxygens (including phenoxy) is 1. The number of methoxy groups -OCH3 is 1. The summed E-state index contributed by atoms with van der Waals surface area (Å²) in [5.41, 5.74) is 1.10. The molecular weight excluding hydrogens is 294 g/mol. The van der Waals surface area contributed by atoms with Crippen molar-refractivity contribution in [1.29, 1.82) is 0 Å². The second-order valence-corrected chi connectivity index (χ2v) is 5.67. The number of rotatable bonds is 4. The number of pyridine rings is 1. The third-order valence-corrected chi connectivity index (χ3v) is 4.11. The van der Waals surface area contributed by atoms with Crippen LogP contribution in [0.4, 0.5) is 5.82 Å². The Hall–Kier alpha value is -2.41. The van der Waals surface area contributed by atoms with Gasteiger partial charge in [0, 0.05) is 58.1 Å². The molecule has 3 heterocycles. The monoisotopic (exact) mass is 315 g/mol. The molecular formula is C16H21N5O2. The zero-order chi connectivity index (χ0) is 16.2. The summed E-state index contributed by atoms with van der Waals surface area (Å²) in [5, 5.41) is 0. The van der Waals surface area contributed by atoms with Crippen LogP contribution in [0.5, 0.6) is 5.88 Å². The van der Waals surface area contributed by atoms with Crippen LogP contribution < -0.4 is 15.2 Å². The molecule has 0 N–H and O–H groups in total. The van der Waals surface area contributed by atoms with Crippen LogP contribution in [-0.2, 0) is 13.6 Å². The average molecular weight is 315 g/mol. The van der Waals surface area contributed by atoms with Crippen molar-refractivity contribution >= 4 is 5.82 Å². The Labute approximate surface area is 135 Å². The van der Waals surface area contributed by atoms with Gasteiger partial charge in [-0.1, -0.05) is 0 Å². The standard InChI is InChI=1S/C16H21N5O2/c1-19-4-3-13(9-16(19)22)11-20-5-7-21(8-6-20)14-10-15(23-2)18-12-17-14/h3-4,9-10,12H,5-8,11H2,1-2H3. The van der Waals surface area contributed by atoms with Crippen LogP contribution in [0.2, 0.25) is 0 Å². The quantitative estimate of drug-likeness (QED) is 0.819. The van der Waals surface area contributed by atoms with Crippen molar-refractivity contribution < 1.29 is 4.74 Å². The highest BCUT2D eigenvalue weighted by atomic mass is 16.5. The predicted molar refractivity (Wildman–Crippen MR) is 87.8 cm³/mol. The van der Waals surface area contributed by atoms with Crippen molar-refractivity contribution in [1.82, 2.24) is 19.4 Å². The zero-order valence-electron chi connectivity index (χ0n) is 13.5. The first kappa shape index (κ1) is 15.5. The topological polar surface area (TPSA) is 63.5 Å². The molecule has 0 radical (unpaired) electrons. The summed E-state index contributed by atoms with van der Waals surface area (Å²) >= 11 is 0. The van der Waals surface area contributed by atoms with E-state index < -0.39 is 0 Å². The maximum Gasteiger partial charge on any atom is 0.250 e. The summed E-state index contributed by atoms with van der Waals surface area (Å²) in [6, 6.07) is 5.57. The normalized spacial score (nSPS) is 15.7. The van der Waals surface area contributed by atoms with Gasteiger partial charge in [-0.2, -0.15) is 0 Å². The summed E-state index contributed by atoms with van der Waals surface area (Å²) in [4.78, 5) is 24.6. The van der Waals surface area contributed by atoms with Gasteiger partial charge >= 0.3 is 0 Å². The Morgan fingerprint density at radius 2 is 1.96 bits per heavy atom. The molecule has 0 aromatic carbocycles. The van der Waals surface area contributed by atoms with E-state index in [2.05, 4.69) is 19.8 Å². The molecule has 7 nitrogen and oxygen atoms in total. The van der Waals surface area contributed by atoms with Crippen molar-refractivity contribution in [3.05, 3.63) is 46.6 Å². The molecule has 0 spiro atoms. The molecule has 122 valence electrons. The van der Waals surface area contributed by atoms with Crippen molar-refractivity contribution in [3.63, 3.8) is 0 Å². The van der Waals surface area contributed by atoms with Gasteiger partial charge in [0.05, 0.1) is 7.11 Å². The van der Waals surface area contributed by atoms with Crippen LogP contribution in [0.25, 0.3) is 0 Å². The van der Waals surface area contributed by atoms with E-state index in [1.54, 1.807) is 24.8 Å². The van der Waals surface area contributed by atoms with Gasteiger partial charge in [0.25, 0.3) is 5.56 Å². The molecule has 2 aromatic heterocycles. The lowest BCUT2D eigenvalue weighted by molar-refractivity contribution is 0.249. The zero-order valence-corrected chi connectivity index (χ0v) is 13.5. The summed E-state index contributed by atoms with van der Waals surface area (Å²) in [7, 11) is 3.37. The van der Waals surface area contributed by atoms with E-state index in [-0.39, 0.29) is 5.56 Å². The van der Waals surface area contributed by atoms with Gasteiger partial charge in [-0.15, -0.1) is 0 Å². The van der Waals surface area contributed by atoms with Crippen molar-refractivity contribution in [3.8, 4) is 5.88 Å². The molecule has 0 unspecified atom stereocenters. The molecule has 0 bridgehead atoms. The van der Waals surface area contributed by atoms with E-state index in [1.807, 2.05) is 18.3 Å². The van der Waals surface area contributed by atoms with Gasteiger partial charge in [-0.05, 0) is 11.6 Å². The number of hydrogen-bond acceptors (Lipinski definition) is 6. The smallest absolute Gasteiger partial charge is 0.250 e. The van der Waals surface area contributed by atoms with Crippen molar-refractivity contribution in [2.45, 2.75) is 6.54 Å². The first-order valence-electron chi connectivity index (χ1n) is 7.64. The van der Waals surface area contributed by atoms with Crippen molar-refractivity contribution in [2.75, 3.05) is 38.2 Å². The van der Waals surface area contributed by atoms with Gasteiger partial charge in [0.2, 0.25) is 5.88 Å². The minimum absolute atomic E-state index is 0.0363. The Morgan fingerprint density at radius 1 is 1.17 bits per heavy atom. The fourth-order valence-corrected chi connectivity index (χ4v) is 2.70. The first-order chi connectivity index (χ1) is 11.2. The van der Waals surface area contributed by atoms with Crippen LogP contribution in [0.3, 0.4) is 0 Å². The van der Waals surface area contributed by atoms with Crippen LogP contribution in [0.1, 0.15) is 5.56 Å². The van der Waals surface area contributed by atoms with Gasteiger partial charge in [-0.3, -0.25) is 9.69 Å². The molecule has 7 heteroatoms. The van der Waals surface area contributed by atoms with E-state index in [4.69, 9.17) is 4.74 Å². The number of aromatic nitrogens is 3. The van der Waals surface area contributed by atoms with Crippen molar-refractivity contribution in [2.24, 2.45) is 7.05 Å². The molecule has 0 aliphatic carbocycles. The van der Waals surface area contributed by atoms with Crippen LogP contribution in [-0.4, -0.2) is 52.7 Å². The highest BCUT2D eigenvalue weighted by molar-refractivity contribution is 5.41. The lowest BCUT2D eigenvalue weighted by Gasteiger charge is -2.35. The van der Waals surface area contributed by atoms with Gasteiger partial charge in [0.1, 0.15) is 12.1 Å². The maximum atomic E-state index is 11.7. The summed E-state index contributed by atoms with van der Waals surface area (Å²) < 4.78 is 6.73. The van der Waals surface area contributed by atoms with Gasteiger partial charge in [0.15, 0.2) is 0 Å². The third-order valence-electron chi connectivity index (χ3n) is 4.11. The molecule has 0 atom stereocenters. The summed E-state index contributed by atoms with van der Waals surface area (Å²) in [5.74, 6) is 1.47. The second kappa shape index (κ2) is 6.78. The number of nitrogens with zero attached hydrogens (tertiary/aromatic N) is 5. The highest BCUT2D eigenvalue weighted by Crippen LogP contribution is 2.17. The number of aryl methyl sites for hydroxylation is 1. The minimum Gasteiger partial charge on any atom is -0.481 e. The first-order valence-corrected chi connectivity index (χ1v) is 7.64. The van der Waals surface area contributed by atoms with Crippen LogP contribution >= 0.6 is 0 Å². The number of hydrogen-bond donors (Lipinski definition) is 0.